The van der Waals surface area contributed by atoms with Gasteiger partial charge in [0.1, 0.15) is 11.9 Å². The zero-order valence-corrected chi connectivity index (χ0v) is 21.6. The first-order valence-electron chi connectivity index (χ1n) is 13.3. The molecule has 3 saturated heterocycles. The van der Waals surface area contributed by atoms with Crippen LogP contribution in [0.15, 0.2) is 36.4 Å². The fourth-order valence-corrected chi connectivity index (χ4v) is 5.98. The molecule has 1 atom stereocenters. The summed E-state index contributed by atoms with van der Waals surface area (Å²) in [7, 11) is 1.47. The van der Waals surface area contributed by atoms with Crippen LogP contribution in [0.1, 0.15) is 29.5 Å². The number of benzene rings is 2. The van der Waals surface area contributed by atoms with Crippen molar-refractivity contribution in [2.75, 3.05) is 46.5 Å². The molecule has 0 aromatic heterocycles. The Hall–Kier alpha value is -2.87. The lowest BCUT2D eigenvalue weighted by atomic mass is 9.82. The molecule has 1 amide bonds. The van der Waals surface area contributed by atoms with Gasteiger partial charge in [0, 0.05) is 39.7 Å². The molecule has 4 aliphatic rings. The molecule has 4 aliphatic heterocycles. The highest BCUT2D eigenvalue weighted by molar-refractivity contribution is 5.87. The SMILES string of the molecule is COC1(C(=O)N[C@H](C#N)Cc2ccc(-c3ccc4c(c3)C3(CCN(C5COC5)CC3)OC4)cc2F)CNC1. The van der Waals surface area contributed by atoms with E-state index in [0.717, 1.165) is 50.3 Å². The fraction of sp³-hybridized carbons (Fsp3) is 0.517. The Balaban J connectivity index is 1.16. The lowest BCUT2D eigenvalue weighted by Gasteiger charge is -2.45. The number of ether oxygens (including phenoxy) is 3. The number of hydrogen-bond donors (Lipinski definition) is 2. The van der Waals surface area contributed by atoms with Crippen LogP contribution < -0.4 is 10.6 Å². The molecule has 0 unspecified atom stereocenters. The van der Waals surface area contributed by atoms with Gasteiger partial charge in [0.15, 0.2) is 5.60 Å². The number of nitriles is 1. The van der Waals surface area contributed by atoms with Gasteiger partial charge in [-0.1, -0.05) is 24.3 Å². The van der Waals surface area contributed by atoms with Crippen LogP contribution in [0, 0.1) is 17.1 Å². The van der Waals surface area contributed by atoms with Crippen molar-refractivity contribution in [3.63, 3.8) is 0 Å². The lowest BCUT2D eigenvalue weighted by Crippen LogP contribution is -2.69. The van der Waals surface area contributed by atoms with Gasteiger partial charge < -0.3 is 24.8 Å². The number of methoxy groups -OCH3 is 1. The van der Waals surface area contributed by atoms with Crippen LogP contribution in [0.2, 0.25) is 0 Å². The van der Waals surface area contributed by atoms with Gasteiger partial charge in [-0.15, -0.1) is 0 Å². The van der Waals surface area contributed by atoms with Gasteiger partial charge >= 0.3 is 0 Å². The highest BCUT2D eigenvalue weighted by atomic mass is 19.1. The predicted octanol–water partition coefficient (Wildman–Crippen LogP) is 2.25. The van der Waals surface area contributed by atoms with Crippen molar-refractivity contribution in [3.8, 4) is 17.2 Å². The Morgan fingerprint density at radius 1 is 1.24 bits per heavy atom. The van der Waals surface area contributed by atoms with Crippen LogP contribution in [0.25, 0.3) is 11.1 Å². The third-order valence-electron chi connectivity index (χ3n) is 8.74. The molecule has 1 spiro atoms. The van der Waals surface area contributed by atoms with E-state index in [0.29, 0.717) is 31.3 Å². The molecular formula is C29H33FN4O4. The number of halogens is 1. The predicted molar refractivity (Wildman–Crippen MR) is 138 cm³/mol. The summed E-state index contributed by atoms with van der Waals surface area (Å²) in [4.78, 5) is 15.1. The monoisotopic (exact) mass is 520 g/mol. The average molecular weight is 521 g/mol. The van der Waals surface area contributed by atoms with E-state index in [2.05, 4.69) is 33.7 Å². The third kappa shape index (κ3) is 4.40. The van der Waals surface area contributed by atoms with E-state index in [4.69, 9.17) is 14.2 Å². The molecule has 2 N–H and O–H groups in total. The minimum Gasteiger partial charge on any atom is -0.378 e. The summed E-state index contributed by atoms with van der Waals surface area (Å²) in [5.74, 6) is -0.755. The summed E-state index contributed by atoms with van der Waals surface area (Å²) in [6.07, 6.45) is 1.95. The summed E-state index contributed by atoms with van der Waals surface area (Å²) in [5.41, 5.74) is 3.28. The Kier molecular flexibility index (Phi) is 6.70. The average Bonchev–Trinajstić information content (AvgIpc) is 3.22. The Morgan fingerprint density at radius 3 is 2.58 bits per heavy atom. The Morgan fingerprint density at radius 2 is 1.97 bits per heavy atom. The van der Waals surface area contributed by atoms with Crippen LogP contribution in [0.3, 0.4) is 0 Å². The van der Waals surface area contributed by atoms with E-state index in [1.54, 1.807) is 6.07 Å². The number of nitrogens with one attached hydrogen (secondary N) is 2. The molecule has 0 aliphatic carbocycles. The molecular weight excluding hydrogens is 487 g/mol. The molecule has 200 valence electrons. The number of carbonyl (C=O) groups excluding carboxylic acids is 1. The number of hydrogen-bond acceptors (Lipinski definition) is 7. The van der Waals surface area contributed by atoms with Gasteiger partial charge in [0.05, 0.1) is 37.5 Å². The smallest absolute Gasteiger partial charge is 0.255 e. The molecule has 3 fully saturated rings. The minimum absolute atomic E-state index is 0.0747. The summed E-state index contributed by atoms with van der Waals surface area (Å²) in [6.45, 7) is 5.00. The number of likely N-dealkylation sites (tertiary alicyclic amines) is 1. The zero-order valence-electron chi connectivity index (χ0n) is 21.6. The minimum atomic E-state index is -0.964. The number of rotatable bonds is 7. The van der Waals surface area contributed by atoms with Crippen LogP contribution in [-0.2, 0) is 37.6 Å². The Bertz CT molecular complexity index is 1260. The number of carbonyl (C=O) groups is 1. The van der Waals surface area contributed by atoms with Crippen molar-refractivity contribution in [2.24, 2.45) is 0 Å². The second-order valence-corrected chi connectivity index (χ2v) is 10.8. The maximum absolute atomic E-state index is 15.2. The number of amides is 1. The summed E-state index contributed by atoms with van der Waals surface area (Å²) in [5, 5.41) is 15.3. The van der Waals surface area contributed by atoms with Gasteiger partial charge in [-0.05, 0) is 52.8 Å². The van der Waals surface area contributed by atoms with Crippen molar-refractivity contribution in [1.82, 2.24) is 15.5 Å². The highest BCUT2D eigenvalue weighted by Gasteiger charge is 2.46. The molecule has 2 aromatic carbocycles. The van der Waals surface area contributed by atoms with E-state index >= 15 is 4.39 Å². The molecule has 9 heteroatoms. The van der Waals surface area contributed by atoms with Crippen molar-refractivity contribution in [3.05, 3.63) is 58.9 Å². The number of nitrogens with zero attached hydrogens (tertiary/aromatic N) is 2. The van der Waals surface area contributed by atoms with Crippen molar-refractivity contribution >= 4 is 5.91 Å². The highest BCUT2D eigenvalue weighted by Crippen LogP contribution is 2.46. The largest absolute Gasteiger partial charge is 0.378 e. The van der Waals surface area contributed by atoms with Gasteiger partial charge in [-0.25, -0.2) is 4.39 Å². The van der Waals surface area contributed by atoms with Gasteiger partial charge in [0.25, 0.3) is 5.91 Å². The lowest BCUT2D eigenvalue weighted by molar-refractivity contribution is -0.150. The molecule has 6 rings (SSSR count). The van der Waals surface area contributed by atoms with Crippen LogP contribution in [0.5, 0.6) is 0 Å². The van der Waals surface area contributed by atoms with Crippen molar-refractivity contribution < 1.29 is 23.4 Å². The van der Waals surface area contributed by atoms with Crippen LogP contribution in [-0.4, -0.2) is 75.0 Å². The van der Waals surface area contributed by atoms with Gasteiger partial charge in [0.2, 0.25) is 0 Å². The van der Waals surface area contributed by atoms with Gasteiger partial charge in [-0.3, -0.25) is 9.69 Å². The van der Waals surface area contributed by atoms with E-state index in [1.807, 2.05) is 12.1 Å². The standard InChI is InChI=1S/C29H33FN4O4/c1-36-29(17-32-18-29)27(35)33-23(13-31)10-21-4-2-20(12-26(21)30)19-3-5-22-14-38-28(25(22)11-19)6-8-34(9-7-28)24-15-37-16-24/h2-5,11-12,23-24,32H,6-10,14-18H2,1H3,(H,33,35)/t23-/m0/s1. The topological polar surface area (TPSA) is 95.9 Å². The first-order chi connectivity index (χ1) is 18.4. The normalized spacial score (nSPS) is 22.7. The van der Waals surface area contributed by atoms with E-state index in [1.165, 1.54) is 24.3 Å². The number of fused-ring (bicyclic) bond motifs is 2. The van der Waals surface area contributed by atoms with E-state index in [-0.39, 0.29) is 17.9 Å². The van der Waals surface area contributed by atoms with Crippen molar-refractivity contribution in [1.29, 1.82) is 5.26 Å². The van der Waals surface area contributed by atoms with Crippen LogP contribution in [0.4, 0.5) is 4.39 Å². The molecule has 38 heavy (non-hydrogen) atoms. The zero-order chi connectivity index (χ0) is 26.3. The second kappa shape index (κ2) is 10.0. The molecule has 0 radical (unpaired) electrons. The number of piperidine rings is 1. The summed E-state index contributed by atoms with van der Waals surface area (Å²) < 4.78 is 32.3. The fourth-order valence-electron chi connectivity index (χ4n) is 5.98. The molecule has 8 nitrogen and oxygen atoms in total. The van der Waals surface area contributed by atoms with Gasteiger partial charge in [-0.2, -0.15) is 5.26 Å². The maximum Gasteiger partial charge on any atom is 0.255 e. The molecule has 0 saturated carbocycles. The Labute approximate surface area is 222 Å². The van der Waals surface area contributed by atoms with E-state index < -0.39 is 17.5 Å². The maximum atomic E-state index is 15.2. The summed E-state index contributed by atoms with van der Waals surface area (Å²) >= 11 is 0. The molecule has 2 aromatic rings. The van der Waals surface area contributed by atoms with Crippen LogP contribution >= 0.6 is 0 Å². The second-order valence-electron chi connectivity index (χ2n) is 10.8. The first-order valence-corrected chi connectivity index (χ1v) is 13.3. The van der Waals surface area contributed by atoms with Crippen molar-refractivity contribution in [2.45, 2.75) is 49.2 Å². The first kappa shape index (κ1) is 25.4. The molecule has 4 heterocycles. The third-order valence-corrected chi connectivity index (χ3v) is 8.74. The quantitative estimate of drug-likeness (QED) is 0.578. The molecule has 0 bridgehead atoms. The van der Waals surface area contributed by atoms with E-state index in [9.17, 15) is 10.1 Å². The summed E-state index contributed by atoms with van der Waals surface area (Å²) in [6, 6.07) is 13.1.